The van der Waals surface area contributed by atoms with E-state index in [0.717, 1.165) is 27.8 Å². The van der Waals surface area contributed by atoms with Crippen molar-refractivity contribution < 1.29 is 9.53 Å². The van der Waals surface area contributed by atoms with Crippen LogP contribution in [0.25, 0.3) is 27.8 Å². The minimum absolute atomic E-state index is 0.0277. The summed E-state index contributed by atoms with van der Waals surface area (Å²) in [6.45, 7) is 2.35. The number of rotatable bonds is 2. The molecule has 1 aliphatic heterocycles. The van der Waals surface area contributed by atoms with Crippen LogP contribution in [0, 0.1) is 0 Å². The van der Waals surface area contributed by atoms with Crippen LogP contribution in [0.15, 0.2) is 43.0 Å². The van der Waals surface area contributed by atoms with Gasteiger partial charge in [0.2, 0.25) is 0 Å². The smallest absolute Gasteiger partial charge is 0.272 e. The van der Waals surface area contributed by atoms with Gasteiger partial charge in [0, 0.05) is 36.6 Å². The van der Waals surface area contributed by atoms with Gasteiger partial charge in [0.05, 0.1) is 31.1 Å². The second-order valence-corrected chi connectivity index (χ2v) is 6.22. The Morgan fingerprint density at radius 3 is 2.85 bits per heavy atom. The van der Waals surface area contributed by atoms with Crippen LogP contribution in [0.5, 0.6) is 0 Å². The lowest BCUT2D eigenvalue weighted by Crippen LogP contribution is -2.41. The molecule has 8 nitrogen and oxygen atoms in total. The molecule has 130 valence electrons. The largest absolute Gasteiger partial charge is 0.378 e. The van der Waals surface area contributed by atoms with Crippen LogP contribution in [0.1, 0.15) is 10.5 Å². The number of aromatic nitrogens is 5. The van der Waals surface area contributed by atoms with Gasteiger partial charge in [0.1, 0.15) is 16.9 Å². The zero-order valence-corrected chi connectivity index (χ0v) is 13.9. The fraction of sp³-hybridized carbons (Fsp3) is 0.222. The standard InChI is InChI=1S/C18H16N6O2/c25-18(23-3-5-26-6-4-23)16-10-20-17-2-1-12(11-24(16)17)13-7-14-15(19-8-13)9-21-22-14/h1-2,7-11H,3-6H2,(H,21,22). The molecule has 0 saturated carbocycles. The van der Waals surface area contributed by atoms with Crippen molar-refractivity contribution in [2.24, 2.45) is 0 Å². The van der Waals surface area contributed by atoms with Crippen molar-refractivity contribution in [2.75, 3.05) is 26.3 Å². The van der Waals surface area contributed by atoms with Gasteiger partial charge in [-0.25, -0.2) is 4.98 Å². The van der Waals surface area contributed by atoms with E-state index in [1.165, 1.54) is 0 Å². The SMILES string of the molecule is O=C(c1cnc2ccc(-c3cnc4cn[nH]c4c3)cn12)N1CCOCC1. The Kier molecular flexibility index (Phi) is 3.42. The number of ether oxygens (including phenoxy) is 1. The Bertz CT molecular complexity index is 1110. The summed E-state index contributed by atoms with van der Waals surface area (Å²) in [6, 6.07) is 5.88. The summed E-state index contributed by atoms with van der Waals surface area (Å²) in [4.78, 5) is 23.4. The zero-order chi connectivity index (χ0) is 17.5. The third kappa shape index (κ3) is 2.42. The zero-order valence-electron chi connectivity index (χ0n) is 13.9. The summed E-state index contributed by atoms with van der Waals surface area (Å²) in [5.41, 5.74) is 4.89. The first-order chi connectivity index (χ1) is 12.8. The molecule has 1 saturated heterocycles. The molecule has 0 radical (unpaired) electrons. The summed E-state index contributed by atoms with van der Waals surface area (Å²) < 4.78 is 7.17. The van der Waals surface area contributed by atoms with E-state index in [1.54, 1.807) is 23.5 Å². The maximum Gasteiger partial charge on any atom is 0.272 e. The molecule has 4 aromatic heterocycles. The third-order valence-electron chi connectivity index (χ3n) is 4.65. The van der Waals surface area contributed by atoms with E-state index in [2.05, 4.69) is 20.2 Å². The van der Waals surface area contributed by atoms with Gasteiger partial charge in [-0.2, -0.15) is 5.10 Å². The number of hydrogen-bond acceptors (Lipinski definition) is 5. The lowest BCUT2D eigenvalue weighted by Gasteiger charge is -2.26. The molecule has 0 atom stereocenters. The fourth-order valence-electron chi connectivity index (χ4n) is 3.23. The summed E-state index contributed by atoms with van der Waals surface area (Å²) >= 11 is 0. The molecule has 1 fully saturated rings. The number of morpholine rings is 1. The fourth-order valence-corrected chi connectivity index (χ4v) is 3.23. The first-order valence-electron chi connectivity index (χ1n) is 8.43. The number of pyridine rings is 2. The molecule has 26 heavy (non-hydrogen) atoms. The average Bonchev–Trinajstić information content (AvgIpc) is 3.33. The molecule has 0 aliphatic carbocycles. The molecule has 1 N–H and O–H groups in total. The number of hydrogen-bond donors (Lipinski definition) is 1. The van der Waals surface area contributed by atoms with Crippen molar-refractivity contribution in [1.29, 1.82) is 0 Å². The van der Waals surface area contributed by atoms with Gasteiger partial charge in [-0.3, -0.25) is 19.3 Å². The molecular weight excluding hydrogens is 332 g/mol. The summed E-state index contributed by atoms with van der Waals surface area (Å²) in [7, 11) is 0. The van der Waals surface area contributed by atoms with Crippen LogP contribution in [0.2, 0.25) is 0 Å². The van der Waals surface area contributed by atoms with Crippen LogP contribution in [-0.2, 0) is 4.74 Å². The Labute approximate surface area is 148 Å². The Hall–Kier alpha value is -3.26. The van der Waals surface area contributed by atoms with Crippen molar-refractivity contribution in [2.45, 2.75) is 0 Å². The summed E-state index contributed by atoms with van der Waals surface area (Å²) in [5, 5.41) is 6.93. The maximum atomic E-state index is 12.8. The predicted molar refractivity (Wildman–Crippen MR) is 94.8 cm³/mol. The highest BCUT2D eigenvalue weighted by atomic mass is 16.5. The topological polar surface area (TPSA) is 88.4 Å². The lowest BCUT2D eigenvalue weighted by molar-refractivity contribution is 0.0298. The molecule has 8 heteroatoms. The normalized spacial score (nSPS) is 15.0. The number of amides is 1. The lowest BCUT2D eigenvalue weighted by atomic mass is 10.1. The van der Waals surface area contributed by atoms with Gasteiger partial charge in [-0.15, -0.1) is 0 Å². The molecule has 4 aromatic rings. The monoisotopic (exact) mass is 348 g/mol. The van der Waals surface area contributed by atoms with Crippen molar-refractivity contribution in [3.8, 4) is 11.1 Å². The number of carbonyl (C=O) groups is 1. The van der Waals surface area contributed by atoms with Gasteiger partial charge >= 0.3 is 0 Å². The van der Waals surface area contributed by atoms with E-state index in [9.17, 15) is 4.79 Å². The Balaban J connectivity index is 1.56. The molecule has 5 heterocycles. The molecule has 0 bridgehead atoms. The van der Waals surface area contributed by atoms with Crippen LogP contribution in [-0.4, -0.2) is 61.7 Å². The number of fused-ring (bicyclic) bond motifs is 2. The van der Waals surface area contributed by atoms with Crippen molar-refractivity contribution in [1.82, 2.24) is 29.5 Å². The van der Waals surface area contributed by atoms with Gasteiger partial charge < -0.3 is 9.64 Å². The minimum Gasteiger partial charge on any atom is -0.378 e. The highest BCUT2D eigenvalue weighted by Crippen LogP contribution is 2.23. The van der Waals surface area contributed by atoms with Crippen LogP contribution < -0.4 is 0 Å². The molecule has 5 rings (SSSR count). The van der Waals surface area contributed by atoms with E-state index < -0.39 is 0 Å². The van der Waals surface area contributed by atoms with Gasteiger partial charge in [-0.05, 0) is 18.2 Å². The van der Waals surface area contributed by atoms with Gasteiger partial charge in [0.25, 0.3) is 5.91 Å². The second-order valence-electron chi connectivity index (χ2n) is 6.22. The van der Waals surface area contributed by atoms with Gasteiger partial charge in [0.15, 0.2) is 0 Å². The first-order valence-corrected chi connectivity index (χ1v) is 8.43. The van der Waals surface area contributed by atoms with Crippen LogP contribution >= 0.6 is 0 Å². The second kappa shape index (κ2) is 5.92. The maximum absolute atomic E-state index is 12.8. The molecule has 1 amide bonds. The number of nitrogens with zero attached hydrogens (tertiary/aromatic N) is 5. The molecule has 0 unspecified atom stereocenters. The predicted octanol–water partition coefficient (Wildman–Crippen LogP) is 1.74. The van der Waals surface area contributed by atoms with Crippen molar-refractivity contribution >= 4 is 22.6 Å². The third-order valence-corrected chi connectivity index (χ3v) is 4.65. The van der Waals surface area contributed by atoms with Crippen LogP contribution in [0.4, 0.5) is 0 Å². The number of imidazole rings is 1. The van der Waals surface area contributed by atoms with Crippen molar-refractivity contribution in [3.63, 3.8) is 0 Å². The number of nitrogens with one attached hydrogen (secondary N) is 1. The Morgan fingerprint density at radius 2 is 1.96 bits per heavy atom. The highest BCUT2D eigenvalue weighted by Gasteiger charge is 2.21. The van der Waals surface area contributed by atoms with E-state index in [1.807, 2.05) is 28.8 Å². The molecule has 0 aromatic carbocycles. The van der Waals surface area contributed by atoms with E-state index in [0.29, 0.717) is 32.0 Å². The number of H-pyrrole nitrogens is 1. The Morgan fingerprint density at radius 1 is 1.08 bits per heavy atom. The summed E-state index contributed by atoms with van der Waals surface area (Å²) in [5.74, 6) is -0.0277. The summed E-state index contributed by atoms with van der Waals surface area (Å²) in [6.07, 6.45) is 7.05. The quantitative estimate of drug-likeness (QED) is 0.596. The number of carbonyl (C=O) groups excluding carboxylic acids is 1. The molecule has 0 spiro atoms. The van der Waals surface area contributed by atoms with Crippen LogP contribution in [0.3, 0.4) is 0 Å². The average molecular weight is 348 g/mol. The van der Waals surface area contributed by atoms with E-state index >= 15 is 0 Å². The van der Waals surface area contributed by atoms with Gasteiger partial charge in [-0.1, -0.05) is 0 Å². The minimum atomic E-state index is -0.0277. The first kappa shape index (κ1) is 15.0. The molecule has 1 aliphatic rings. The number of aromatic amines is 1. The molecular formula is C18H16N6O2. The van der Waals surface area contributed by atoms with E-state index in [-0.39, 0.29) is 5.91 Å². The van der Waals surface area contributed by atoms with E-state index in [4.69, 9.17) is 4.74 Å². The van der Waals surface area contributed by atoms with Crippen molar-refractivity contribution in [3.05, 3.63) is 48.7 Å². The highest BCUT2D eigenvalue weighted by molar-refractivity contribution is 5.93.